The van der Waals surface area contributed by atoms with E-state index in [4.69, 9.17) is 14.2 Å². The van der Waals surface area contributed by atoms with Crippen LogP contribution >= 0.6 is 11.3 Å². The van der Waals surface area contributed by atoms with Crippen molar-refractivity contribution in [2.24, 2.45) is 0 Å². The van der Waals surface area contributed by atoms with Gasteiger partial charge in [-0.2, -0.15) is 0 Å². The molecular formula is C18H23N3O4S. The molecule has 8 heteroatoms. The molecule has 3 rings (SSSR count). The number of thiazole rings is 1. The largest absolute Gasteiger partial charge is 0.493 e. The molecule has 26 heavy (non-hydrogen) atoms. The average Bonchev–Trinajstić information content (AvgIpc) is 3.35. The first-order chi connectivity index (χ1) is 12.7. The molecule has 1 aliphatic heterocycles. The molecule has 0 saturated carbocycles. The third kappa shape index (κ3) is 3.70. The predicted octanol–water partition coefficient (Wildman–Crippen LogP) is 2.57. The Kier molecular flexibility index (Phi) is 5.82. The molecule has 1 amide bonds. The first-order valence-electron chi connectivity index (χ1n) is 8.42. The zero-order chi connectivity index (χ0) is 18.5. The maximum atomic E-state index is 12.6. The van der Waals surface area contributed by atoms with Crippen LogP contribution in [0.4, 0.5) is 5.13 Å². The smallest absolute Gasteiger partial charge is 0.251 e. The van der Waals surface area contributed by atoms with Crippen molar-refractivity contribution in [2.75, 3.05) is 39.3 Å². The van der Waals surface area contributed by atoms with Gasteiger partial charge in [-0.1, -0.05) is 0 Å². The summed E-state index contributed by atoms with van der Waals surface area (Å²) in [5, 5.41) is 6.00. The van der Waals surface area contributed by atoms with E-state index in [-0.39, 0.29) is 11.9 Å². The summed E-state index contributed by atoms with van der Waals surface area (Å²) in [7, 11) is 4.60. The normalized spacial score (nSPS) is 16.4. The Morgan fingerprint density at radius 3 is 2.58 bits per heavy atom. The van der Waals surface area contributed by atoms with Crippen molar-refractivity contribution in [1.82, 2.24) is 10.3 Å². The number of rotatable bonds is 7. The summed E-state index contributed by atoms with van der Waals surface area (Å²) in [6, 6.07) is 3.57. The van der Waals surface area contributed by atoms with E-state index in [1.165, 1.54) is 21.3 Å². The number of nitrogens with one attached hydrogen (secondary N) is 1. The second kappa shape index (κ2) is 8.27. The lowest BCUT2D eigenvalue weighted by Crippen LogP contribution is -2.40. The van der Waals surface area contributed by atoms with Gasteiger partial charge in [-0.3, -0.25) is 4.79 Å². The van der Waals surface area contributed by atoms with Crippen LogP contribution < -0.4 is 24.4 Å². The first-order valence-corrected chi connectivity index (χ1v) is 9.30. The number of ether oxygens (including phenoxy) is 3. The summed E-state index contributed by atoms with van der Waals surface area (Å²) in [4.78, 5) is 19.3. The quantitative estimate of drug-likeness (QED) is 0.800. The van der Waals surface area contributed by atoms with E-state index in [9.17, 15) is 4.79 Å². The second-order valence-corrected chi connectivity index (χ2v) is 6.80. The highest BCUT2D eigenvalue weighted by atomic mass is 32.1. The van der Waals surface area contributed by atoms with E-state index in [2.05, 4.69) is 15.2 Å². The Labute approximate surface area is 156 Å². The minimum Gasteiger partial charge on any atom is -0.493 e. The van der Waals surface area contributed by atoms with Crippen molar-refractivity contribution in [3.63, 3.8) is 0 Å². The highest BCUT2D eigenvalue weighted by molar-refractivity contribution is 7.13. The molecule has 2 aromatic rings. The molecule has 1 N–H and O–H groups in total. The SMILES string of the molecule is COc1cc(C(=O)NCC2CCCN2c2nccs2)cc(OC)c1OC. The molecule has 1 atom stereocenters. The second-order valence-electron chi connectivity index (χ2n) is 5.93. The van der Waals surface area contributed by atoms with E-state index in [0.29, 0.717) is 29.4 Å². The van der Waals surface area contributed by atoms with Gasteiger partial charge in [0.2, 0.25) is 5.75 Å². The average molecular weight is 377 g/mol. The standard InChI is InChI=1S/C18H23N3O4S/c1-23-14-9-12(10-15(24-2)16(14)25-3)17(22)20-11-13-5-4-7-21(13)18-19-6-8-26-18/h6,8-10,13H,4-5,7,11H2,1-3H3,(H,20,22). The summed E-state index contributed by atoms with van der Waals surface area (Å²) >= 11 is 1.62. The molecule has 0 spiro atoms. The lowest BCUT2D eigenvalue weighted by molar-refractivity contribution is 0.0950. The van der Waals surface area contributed by atoms with E-state index in [0.717, 1.165) is 24.5 Å². The Hall–Kier alpha value is -2.48. The van der Waals surface area contributed by atoms with Crippen LogP contribution in [0.5, 0.6) is 17.2 Å². The Morgan fingerprint density at radius 1 is 1.27 bits per heavy atom. The lowest BCUT2D eigenvalue weighted by Gasteiger charge is -2.24. The van der Waals surface area contributed by atoms with Crippen molar-refractivity contribution in [1.29, 1.82) is 0 Å². The molecule has 0 aliphatic carbocycles. The van der Waals surface area contributed by atoms with Gasteiger partial charge < -0.3 is 24.4 Å². The number of amides is 1. The topological polar surface area (TPSA) is 72.9 Å². The highest BCUT2D eigenvalue weighted by Crippen LogP contribution is 2.38. The van der Waals surface area contributed by atoms with Gasteiger partial charge in [0, 0.05) is 36.3 Å². The van der Waals surface area contributed by atoms with Gasteiger partial charge in [0.15, 0.2) is 16.6 Å². The van der Waals surface area contributed by atoms with E-state index < -0.39 is 0 Å². The number of benzene rings is 1. The highest BCUT2D eigenvalue weighted by Gasteiger charge is 2.27. The third-order valence-corrected chi connectivity index (χ3v) is 5.28. The maximum Gasteiger partial charge on any atom is 0.251 e. The maximum absolute atomic E-state index is 12.6. The van der Waals surface area contributed by atoms with Gasteiger partial charge in [0.1, 0.15) is 0 Å². The molecule has 0 bridgehead atoms. The van der Waals surface area contributed by atoms with Crippen LogP contribution in [0, 0.1) is 0 Å². The Morgan fingerprint density at radius 2 is 2.00 bits per heavy atom. The zero-order valence-electron chi connectivity index (χ0n) is 15.2. The number of nitrogens with zero attached hydrogens (tertiary/aromatic N) is 2. The van der Waals surface area contributed by atoms with Crippen LogP contribution in [0.15, 0.2) is 23.7 Å². The van der Waals surface area contributed by atoms with E-state index in [1.807, 2.05) is 11.6 Å². The minimum absolute atomic E-state index is 0.171. The molecule has 1 aromatic carbocycles. The molecule has 1 fully saturated rings. The number of methoxy groups -OCH3 is 3. The molecule has 140 valence electrons. The van der Waals surface area contributed by atoms with Gasteiger partial charge in [-0.05, 0) is 25.0 Å². The van der Waals surface area contributed by atoms with Crippen LogP contribution in [-0.4, -0.2) is 51.4 Å². The molecule has 7 nitrogen and oxygen atoms in total. The summed E-state index contributed by atoms with van der Waals surface area (Å²) in [6.07, 6.45) is 3.95. The number of hydrogen-bond donors (Lipinski definition) is 1. The Balaban J connectivity index is 1.70. The number of aromatic nitrogens is 1. The molecule has 1 unspecified atom stereocenters. The molecule has 0 radical (unpaired) electrons. The third-order valence-electron chi connectivity index (χ3n) is 4.47. The molecule has 1 saturated heterocycles. The van der Waals surface area contributed by atoms with E-state index in [1.54, 1.807) is 23.5 Å². The van der Waals surface area contributed by atoms with Crippen LogP contribution in [0.25, 0.3) is 0 Å². The van der Waals surface area contributed by atoms with Gasteiger partial charge in [0.25, 0.3) is 5.91 Å². The fraction of sp³-hybridized carbons (Fsp3) is 0.444. The molecule has 2 heterocycles. The van der Waals surface area contributed by atoms with Crippen LogP contribution in [-0.2, 0) is 0 Å². The number of carbonyl (C=O) groups excluding carboxylic acids is 1. The van der Waals surface area contributed by atoms with Crippen molar-refractivity contribution < 1.29 is 19.0 Å². The van der Waals surface area contributed by atoms with E-state index >= 15 is 0 Å². The zero-order valence-corrected chi connectivity index (χ0v) is 16.0. The summed E-state index contributed by atoms with van der Waals surface area (Å²) in [5.74, 6) is 1.22. The molecular weight excluding hydrogens is 354 g/mol. The minimum atomic E-state index is -0.171. The van der Waals surface area contributed by atoms with Crippen molar-refractivity contribution in [2.45, 2.75) is 18.9 Å². The van der Waals surface area contributed by atoms with Crippen molar-refractivity contribution in [3.8, 4) is 17.2 Å². The van der Waals surface area contributed by atoms with Crippen molar-refractivity contribution >= 4 is 22.4 Å². The monoisotopic (exact) mass is 377 g/mol. The summed E-state index contributed by atoms with van der Waals surface area (Å²) < 4.78 is 15.9. The fourth-order valence-electron chi connectivity index (χ4n) is 3.18. The predicted molar refractivity (Wildman–Crippen MR) is 101 cm³/mol. The Bertz CT molecular complexity index is 726. The van der Waals surface area contributed by atoms with Crippen LogP contribution in [0.1, 0.15) is 23.2 Å². The van der Waals surface area contributed by atoms with Crippen molar-refractivity contribution in [3.05, 3.63) is 29.3 Å². The molecule has 1 aliphatic rings. The van der Waals surface area contributed by atoms with Gasteiger partial charge in [-0.25, -0.2) is 4.98 Å². The van der Waals surface area contributed by atoms with Gasteiger partial charge in [0.05, 0.1) is 21.3 Å². The fourth-order valence-corrected chi connectivity index (χ4v) is 3.92. The van der Waals surface area contributed by atoms with Gasteiger partial charge in [-0.15, -0.1) is 11.3 Å². The number of hydrogen-bond acceptors (Lipinski definition) is 7. The first kappa shape index (κ1) is 18.3. The van der Waals surface area contributed by atoms with Crippen LogP contribution in [0.3, 0.4) is 0 Å². The summed E-state index contributed by atoms with van der Waals surface area (Å²) in [6.45, 7) is 1.54. The summed E-state index contributed by atoms with van der Waals surface area (Å²) in [5.41, 5.74) is 0.471. The molecule has 1 aromatic heterocycles. The number of anilines is 1. The lowest BCUT2D eigenvalue weighted by atomic mass is 10.1. The van der Waals surface area contributed by atoms with Gasteiger partial charge >= 0.3 is 0 Å². The van der Waals surface area contributed by atoms with Crippen LogP contribution in [0.2, 0.25) is 0 Å². The number of carbonyl (C=O) groups is 1.